The zero-order valence-corrected chi connectivity index (χ0v) is 19.4. The predicted molar refractivity (Wildman–Crippen MR) is 126 cm³/mol. The number of aromatic nitrogens is 3. The molecule has 3 rings (SSSR count). The van der Waals surface area contributed by atoms with Crippen molar-refractivity contribution in [3.63, 3.8) is 0 Å². The minimum absolute atomic E-state index is 0.0277. The van der Waals surface area contributed by atoms with Crippen LogP contribution in [0, 0.1) is 0 Å². The summed E-state index contributed by atoms with van der Waals surface area (Å²) < 4.78 is 13.2. The Hall–Kier alpha value is -3.37. The van der Waals surface area contributed by atoms with Crippen LogP contribution in [0.2, 0.25) is 0 Å². The lowest BCUT2D eigenvalue weighted by molar-refractivity contribution is -0.117. The van der Waals surface area contributed by atoms with Crippen LogP contribution in [-0.2, 0) is 22.7 Å². The van der Waals surface area contributed by atoms with E-state index in [4.69, 9.17) is 9.47 Å². The van der Waals surface area contributed by atoms with Gasteiger partial charge in [-0.2, -0.15) is 0 Å². The maximum Gasteiger partial charge on any atom is 0.321 e. The molecule has 0 radical (unpaired) electrons. The van der Waals surface area contributed by atoms with E-state index in [2.05, 4.69) is 20.8 Å². The fourth-order valence-electron chi connectivity index (χ4n) is 3.03. The first-order valence-corrected chi connectivity index (χ1v) is 11.5. The molecule has 33 heavy (non-hydrogen) atoms. The molecule has 10 heteroatoms. The molecular formula is C23H27N5O4S. The first kappa shape index (κ1) is 24.3. The minimum Gasteiger partial charge on any atom is -0.485 e. The van der Waals surface area contributed by atoms with Crippen LogP contribution in [0.5, 0.6) is 5.75 Å². The molecule has 2 N–H and O–H groups in total. The molecular weight excluding hydrogens is 442 g/mol. The fourth-order valence-corrected chi connectivity index (χ4v) is 3.81. The van der Waals surface area contributed by atoms with Crippen molar-refractivity contribution in [1.82, 2.24) is 25.4 Å². The molecule has 9 nitrogen and oxygen atoms in total. The Bertz CT molecular complexity index is 1060. The lowest BCUT2D eigenvalue weighted by atomic mass is 10.1. The van der Waals surface area contributed by atoms with Crippen LogP contribution >= 0.6 is 11.8 Å². The van der Waals surface area contributed by atoms with E-state index in [1.165, 1.54) is 11.8 Å². The predicted octanol–water partition coefficient (Wildman–Crippen LogP) is 3.11. The second-order valence-corrected chi connectivity index (χ2v) is 7.83. The summed E-state index contributed by atoms with van der Waals surface area (Å²) in [4.78, 5) is 23.5. The van der Waals surface area contributed by atoms with Gasteiger partial charge < -0.3 is 19.4 Å². The Morgan fingerprint density at radius 2 is 1.82 bits per heavy atom. The van der Waals surface area contributed by atoms with Gasteiger partial charge in [-0.15, -0.1) is 10.2 Å². The highest BCUT2D eigenvalue weighted by Gasteiger charge is 2.16. The highest BCUT2D eigenvalue weighted by atomic mass is 32.2. The Labute approximate surface area is 196 Å². The second kappa shape index (κ2) is 12.6. The van der Waals surface area contributed by atoms with Crippen LogP contribution in [0.25, 0.3) is 11.1 Å². The topological polar surface area (TPSA) is 107 Å². The van der Waals surface area contributed by atoms with E-state index in [9.17, 15) is 9.59 Å². The van der Waals surface area contributed by atoms with E-state index >= 15 is 0 Å². The quantitative estimate of drug-likeness (QED) is 0.416. The van der Waals surface area contributed by atoms with E-state index in [-0.39, 0.29) is 12.4 Å². The van der Waals surface area contributed by atoms with Gasteiger partial charge in [-0.3, -0.25) is 10.1 Å². The van der Waals surface area contributed by atoms with Crippen molar-refractivity contribution < 1.29 is 19.1 Å². The van der Waals surface area contributed by atoms with E-state index in [0.29, 0.717) is 30.7 Å². The van der Waals surface area contributed by atoms with Gasteiger partial charge in [0.05, 0.1) is 12.4 Å². The number of amides is 3. The molecule has 0 atom stereocenters. The standard InChI is InChI=1S/C23H27N5O4S/c1-3-24-22(30)25-21(29)16-33-23-27-26-20(28(23)13-14-31-2)15-32-19-12-8-7-11-18(19)17-9-5-4-6-10-17/h4-12H,3,13-16H2,1-2H3,(H2,24,25,29,30). The van der Waals surface area contributed by atoms with Gasteiger partial charge in [0.25, 0.3) is 0 Å². The van der Waals surface area contributed by atoms with Crippen LogP contribution in [0.1, 0.15) is 12.7 Å². The Balaban J connectivity index is 1.69. The number of benzene rings is 2. The molecule has 0 unspecified atom stereocenters. The molecule has 0 fully saturated rings. The Morgan fingerprint density at radius 1 is 1.06 bits per heavy atom. The summed E-state index contributed by atoms with van der Waals surface area (Å²) in [7, 11) is 1.61. The number of imide groups is 1. The SMILES string of the molecule is CCNC(=O)NC(=O)CSc1nnc(COc2ccccc2-c2ccccc2)n1CCOC. The molecule has 0 spiro atoms. The minimum atomic E-state index is -0.518. The van der Waals surface area contributed by atoms with Gasteiger partial charge in [-0.25, -0.2) is 4.79 Å². The maximum absolute atomic E-state index is 12.0. The summed E-state index contributed by atoms with van der Waals surface area (Å²) in [5, 5.41) is 13.8. The highest BCUT2D eigenvalue weighted by molar-refractivity contribution is 7.99. The van der Waals surface area contributed by atoms with E-state index in [1.54, 1.807) is 14.0 Å². The van der Waals surface area contributed by atoms with Crippen molar-refractivity contribution in [3.05, 3.63) is 60.4 Å². The molecule has 0 aliphatic heterocycles. The maximum atomic E-state index is 12.0. The van der Waals surface area contributed by atoms with Gasteiger partial charge in [0.2, 0.25) is 5.91 Å². The number of para-hydroxylation sites is 1. The van der Waals surface area contributed by atoms with Gasteiger partial charge in [0.1, 0.15) is 12.4 Å². The van der Waals surface area contributed by atoms with Crippen molar-refractivity contribution in [2.45, 2.75) is 25.2 Å². The van der Waals surface area contributed by atoms with Gasteiger partial charge in [-0.05, 0) is 18.6 Å². The number of hydrogen-bond acceptors (Lipinski definition) is 7. The van der Waals surface area contributed by atoms with Gasteiger partial charge >= 0.3 is 6.03 Å². The Kier molecular flexibility index (Phi) is 9.28. The smallest absolute Gasteiger partial charge is 0.321 e. The monoisotopic (exact) mass is 469 g/mol. The third-order valence-electron chi connectivity index (χ3n) is 4.56. The van der Waals surface area contributed by atoms with Crippen molar-refractivity contribution in [2.75, 3.05) is 26.0 Å². The fraction of sp³-hybridized carbons (Fsp3) is 0.304. The third-order valence-corrected chi connectivity index (χ3v) is 5.53. The average Bonchev–Trinajstić information content (AvgIpc) is 3.22. The van der Waals surface area contributed by atoms with Gasteiger partial charge in [-0.1, -0.05) is 60.3 Å². The van der Waals surface area contributed by atoms with E-state index in [0.717, 1.165) is 16.9 Å². The summed E-state index contributed by atoms with van der Waals surface area (Å²) >= 11 is 1.19. The normalized spacial score (nSPS) is 10.6. The van der Waals surface area contributed by atoms with E-state index < -0.39 is 11.9 Å². The summed E-state index contributed by atoms with van der Waals surface area (Å²) in [6.07, 6.45) is 0. The van der Waals surface area contributed by atoms with Crippen LogP contribution in [0.4, 0.5) is 4.79 Å². The zero-order chi connectivity index (χ0) is 23.5. The highest BCUT2D eigenvalue weighted by Crippen LogP contribution is 2.30. The number of methoxy groups -OCH3 is 1. The van der Waals surface area contributed by atoms with Gasteiger partial charge in [0, 0.05) is 25.8 Å². The summed E-state index contributed by atoms with van der Waals surface area (Å²) in [6.45, 7) is 3.37. The average molecular weight is 470 g/mol. The summed E-state index contributed by atoms with van der Waals surface area (Å²) in [6, 6.07) is 17.3. The van der Waals surface area contributed by atoms with Crippen molar-refractivity contribution in [3.8, 4) is 16.9 Å². The molecule has 0 saturated carbocycles. The number of rotatable bonds is 11. The number of nitrogens with zero attached hydrogens (tertiary/aromatic N) is 3. The van der Waals surface area contributed by atoms with Crippen LogP contribution in [0.3, 0.4) is 0 Å². The first-order chi connectivity index (χ1) is 16.1. The molecule has 0 aliphatic carbocycles. The Morgan fingerprint density at radius 3 is 2.58 bits per heavy atom. The number of hydrogen-bond donors (Lipinski definition) is 2. The molecule has 2 aromatic carbocycles. The summed E-state index contributed by atoms with van der Waals surface area (Å²) in [5.74, 6) is 0.962. The number of ether oxygens (including phenoxy) is 2. The molecule has 3 aromatic rings. The molecule has 1 heterocycles. The molecule has 0 bridgehead atoms. The van der Waals surface area contributed by atoms with Crippen molar-refractivity contribution >= 4 is 23.7 Å². The number of carbonyl (C=O) groups is 2. The lowest BCUT2D eigenvalue weighted by Crippen LogP contribution is -2.40. The molecule has 1 aromatic heterocycles. The lowest BCUT2D eigenvalue weighted by Gasteiger charge is -2.13. The largest absolute Gasteiger partial charge is 0.485 e. The summed E-state index contributed by atoms with van der Waals surface area (Å²) in [5.41, 5.74) is 2.04. The van der Waals surface area contributed by atoms with Crippen molar-refractivity contribution in [1.29, 1.82) is 0 Å². The first-order valence-electron chi connectivity index (χ1n) is 10.5. The second-order valence-electron chi connectivity index (χ2n) is 6.89. The zero-order valence-electron chi connectivity index (χ0n) is 18.6. The van der Waals surface area contributed by atoms with Crippen LogP contribution < -0.4 is 15.4 Å². The van der Waals surface area contributed by atoms with E-state index in [1.807, 2.05) is 59.2 Å². The number of nitrogens with one attached hydrogen (secondary N) is 2. The molecule has 3 amide bonds. The number of urea groups is 1. The number of carbonyl (C=O) groups excluding carboxylic acids is 2. The van der Waals surface area contributed by atoms with Crippen molar-refractivity contribution in [2.24, 2.45) is 0 Å². The van der Waals surface area contributed by atoms with Crippen LogP contribution in [-0.4, -0.2) is 52.7 Å². The molecule has 0 saturated heterocycles. The molecule has 0 aliphatic rings. The van der Waals surface area contributed by atoms with Crippen LogP contribution in [0.15, 0.2) is 59.8 Å². The molecule has 174 valence electrons. The number of thioether (sulfide) groups is 1. The third kappa shape index (κ3) is 7.06. The van der Waals surface area contributed by atoms with Gasteiger partial charge in [0.15, 0.2) is 11.0 Å².